The highest BCUT2D eigenvalue weighted by atomic mass is 14.8. The highest BCUT2D eigenvalue weighted by Crippen LogP contribution is 2.33. The lowest BCUT2D eigenvalue weighted by molar-refractivity contribution is 0.686. The van der Waals surface area contributed by atoms with Crippen molar-refractivity contribution in [2.45, 2.75) is 46.0 Å². The smallest absolute Gasteiger partial charge is 0.0704 e. The van der Waals surface area contributed by atoms with Crippen LogP contribution in [0.5, 0.6) is 0 Å². The molecule has 27 heavy (non-hydrogen) atoms. The van der Waals surface area contributed by atoms with Crippen molar-refractivity contribution >= 4 is 11.3 Å². The Kier molecular flexibility index (Phi) is 4.70. The van der Waals surface area contributed by atoms with Crippen LogP contribution in [0.4, 0.5) is 0 Å². The van der Waals surface area contributed by atoms with E-state index in [1.165, 1.54) is 59.1 Å². The van der Waals surface area contributed by atoms with Gasteiger partial charge < -0.3 is 0 Å². The maximum absolute atomic E-state index is 4.73. The van der Waals surface area contributed by atoms with Crippen LogP contribution in [0, 0.1) is 6.92 Å². The number of aliphatic imine (C=N–C) groups is 1. The highest BCUT2D eigenvalue weighted by Gasteiger charge is 2.15. The van der Waals surface area contributed by atoms with Gasteiger partial charge >= 0.3 is 0 Å². The van der Waals surface area contributed by atoms with Crippen molar-refractivity contribution in [2.75, 3.05) is 0 Å². The summed E-state index contributed by atoms with van der Waals surface area (Å²) in [5.74, 6) is 0. The van der Waals surface area contributed by atoms with E-state index in [-0.39, 0.29) is 0 Å². The summed E-state index contributed by atoms with van der Waals surface area (Å²) >= 11 is 0. The summed E-state index contributed by atoms with van der Waals surface area (Å²) in [4.78, 5) is 4.73. The molecule has 2 aromatic carbocycles. The fraction of sp³-hybridized carbons (Fsp3) is 0.269. The van der Waals surface area contributed by atoms with Crippen LogP contribution in [0.25, 0.3) is 16.7 Å². The summed E-state index contributed by atoms with van der Waals surface area (Å²) in [6.45, 7) is 12.7. The summed E-state index contributed by atoms with van der Waals surface area (Å²) < 4.78 is 0. The van der Waals surface area contributed by atoms with Crippen molar-refractivity contribution in [3.63, 3.8) is 0 Å². The summed E-state index contributed by atoms with van der Waals surface area (Å²) in [6.07, 6.45) is 7.98. The molecule has 0 saturated heterocycles. The fourth-order valence-electron chi connectivity index (χ4n) is 4.18. The van der Waals surface area contributed by atoms with E-state index in [2.05, 4.69) is 69.5 Å². The first-order valence-corrected chi connectivity index (χ1v) is 9.87. The first-order valence-electron chi connectivity index (χ1n) is 9.87. The van der Waals surface area contributed by atoms with Crippen LogP contribution in [0.2, 0.25) is 0 Å². The number of fused-ring (bicyclic) bond motifs is 1. The number of benzene rings is 2. The van der Waals surface area contributed by atoms with Crippen LogP contribution in [0.3, 0.4) is 0 Å². The molecular formula is C26H27N. The van der Waals surface area contributed by atoms with Crippen molar-refractivity contribution in [3.8, 4) is 11.1 Å². The van der Waals surface area contributed by atoms with Gasteiger partial charge in [-0.3, -0.25) is 4.99 Å². The normalized spacial score (nSPS) is 16.4. The van der Waals surface area contributed by atoms with E-state index in [0.717, 1.165) is 29.0 Å². The number of hydrogen-bond donors (Lipinski definition) is 0. The maximum atomic E-state index is 4.73. The van der Waals surface area contributed by atoms with E-state index >= 15 is 0 Å². The minimum atomic E-state index is 0.852. The average Bonchev–Trinajstić information content (AvgIpc) is 2.66. The first-order chi connectivity index (χ1) is 13.0. The Labute approximate surface area is 162 Å². The largest absolute Gasteiger partial charge is 0.257 e. The van der Waals surface area contributed by atoms with Crippen LogP contribution < -0.4 is 0 Å². The molecule has 0 aromatic heterocycles. The molecule has 0 amide bonds. The average molecular weight is 354 g/mol. The van der Waals surface area contributed by atoms with Gasteiger partial charge in [0, 0.05) is 17.7 Å². The monoisotopic (exact) mass is 353 g/mol. The third kappa shape index (κ3) is 3.60. The molecule has 1 aliphatic heterocycles. The van der Waals surface area contributed by atoms with E-state index in [9.17, 15) is 0 Å². The molecular weight excluding hydrogens is 326 g/mol. The van der Waals surface area contributed by atoms with Gasteiger partial charge in [0.25, 0.3) is 0 Å². The zero-order valence-corrected chi connectivity index (χ0v) is 16.4. The van der Waals surface area contributed by atoms with Crippen molar-refractivity contribution in [1.29, 1.82) is 0 Å². The van der Waals surface area contributed by atoms with Crippen LogP contribution >= 0.6 is 0 Å². The van der Waals surface area contributed by atoms with Gasteiger partial charge in [-0.15, -0.1) is 0 Å². The summed E-state index contributed by atoms with van der Waals surface area (Å²) in [7, 11) is 0. The SMILES string of the molecule is C=C1C=C(C(=C)c2cc(-c3ccc4c(c3)CCCC4)ccc2C)N=C(C)C1. The quantitative estimate of drug-likeness (QED) is 0.571. The van der Waals surface area contributed by atoms with E-state index in [0.29, 0.717) is 0 Å². The molecule has 1 aliphatic carbocycles. The summed E-state index contributed by atoms with van der Waals surface area (Å²) in [6, 6.07) is 13.7. The number of rotatable bonds is 3. The molecule has 0 atom stereocenters. The molecule has 1 nitrogen and oxygen atoms in total. The lowest BCUT2D eigenvalue weighted by Crippen LogP contribution is -2.03. The van der Waals surface area contributed by atoms with Gasteiger partial charge in [-0.25, -0.2) is 0 Å². The number of allylic oxidation sites excluding steroid dienone is 3. The van der Waals surface area contributed by atoms with Crippen molar-refractivity contribution in [2.24, 2.45) is 4.99 Å². The first kappa shape index (κ1) is 17.7. The van der Waals surface area contributed by atoms with Gasteiger partial charge in [-0.2, -0.15) is 0 Å². The van der Waals surface area contributed by atoms with Crippen LogP contribution in [-0.2, 0) is 12.8 Å². The van der Waals surface area contributed by atoms with E-state index in [4.69, 9.17) is 4.99 Å². The van der Waals surface area contributed by atoms with E-state index < -0.39 is 0 Å². The molecule has 0 unspecified atom stereocenters. The third-order valence-electron chi connectivity index (χ3n) is 5.69. The number of nitrogens with zero attached hydrogens (tertiary/aromatic N) is 1. The molecule has 1 heterocycles. The van der Waals surface area contributed by atoms with Gasteiger partial charge in [0.05, 0.1) is 5.70 Å². The Balaban J connectivity index is 1.72. The fourth-order valence-corrected chi connectivity index (χ4v) is 4.18. The number of aryl methyl sites for hydroxylation is 3. The zero-order chi connectivity index (χ0) is 19.0. The van der Waals surface area contributed by atoms with Crippen molar-refractivity contribution < 1.29 is 0 Å². The standard InChI is InChI=1S/C26H27N/c1-17-13-19(3)27-26(14-17)20(4)25-16-24(10-9-18(25)2)23-12-11-21-7-5-6-8-22(21)15-23/h9-12,14-16H,1,4-8,13H2,2-3H3. The lowest BCUT2D eigenvalue weighted by Gasteiger charge is -2.18. The van der Waals surface area contributed by atoms with Gasteiger partial charge in [0.2, 0.25) is 0 Å². The van der Waals surface area contributed by atoms with Crippen LogP contribution in [0.15, 0.2) is 71.9 Å². The molecule has 0 spiro atoms. The molecule has 0 N–H and O–H groups in total. The second-order valence-electron chi connectivity index (χ2n) is 7.91. The number of hydrogen-bond acceptors (Lipinski definition) is 1. The van der Waals surface area contributed by atoms with Gasteiger partial charge in [-0.05, 0) is 90.6 Å². The van der Waals surface area contributed by atoms with Gasteiger partial charge in [0.15, 0.2) is 0 Å². The highest BCUT2D eigenvalue weighted by molar-refractivity contribution is 5.92. The minimum Gasteiger partial charge on any atom is -0.257 e. The molecule has 4 rings (SSSR count). The van der Waals surface area contributed by atoms with Crippen molar-refractivity contribution in [3.05, 3.63) is 89.2 Å². The Bertz CT molecular complexity index is 1000. The second kappa shape index (κ2) is 7.15. The van der Waals surface area contributed by atoms with Gasteiger partial charge in [-0.1, -0.05) is 43.5 Å². The molecule has 0 radical (unpaired) electrons. The molecule has 2 aliphatic rings. The third-order valence-corrected chi connectivity index (χ3v) is 5.69. The second-order valence-corrected chi connectivity index (χ2v) is 7.91. The Morgan fingerprint density at radius 2 is 1.63 bits per heavy atom. The Morgan fingerprint density at radius 1 is 0.926 bits per heavy atom. The summed E-state index contributed by atoms with van der Waals surface area (Å²) in [5.41, 5.74) is 12.1. The summed E-state index contributed by atoms with van der Waals surface area (Å²) in [5, 5.41) is 0. The zero-order valence-electron chi connectivity index (χ0n) is 16.4. The molecule has 2 aromatic rings. The van der Waals surface area contributed by atoms with E-state index in [1.54, 1.807) is 0 Å². The van der Waals surface area contributed by atoms with E-state index in [1.807, 2.05) is 0 Å². The van der Waals surface area contributed by atoms with Crippen LogP contribution in [-0.4, -0.2) is 5.71 Å². The van der Waals surface area contributed by atoms with Crippen molar-refractivity contribution in [1.82, 2.24) is 0 Å². The predicted molar refractivity (Wildman–Crippen MR) is 117 cm³/mol. The molecule has 136 valence electrons. The Hall–Kier alpha value is -2.67. The molecule has 0 saturated carbocycles. The maximum Gasteiger partial charge on any atom is 0.0704 e. The van der Waals surface area contributed by atoms with Gasteiger partial charge in [0.1, 0.15) is 0 Å². The minimum absolute atomic E-state index is 0.852. The Morgan fingerprint density at radius 3 is 2.41 bits per heavy atom. The van der Waals surface area contributed by atoms with Crippen LogP contribution in [0.1, 0.15) is 48.4 Å². The predicted octanol–water partition coefficient (Wildman–Crippen LogP) is 6.86. The lowest BCUT2D eigenvalue weighted by atomic mass is 9.88. The molecule has 0 fully saturated rings. The topological polar surface area (TPSA) is 12.4 Å². The molecule has 0 bridgehead atoms. The molecule has 1 heteroatoms.